The van der Waals surface area contributed by atoms with Crippen LogP contribution in [-0.4, -0.2) is 31.0 Å². The molecule has 0 aliphatic rings. The van der Waals surface area contributed by atoms with Crippen LogP contribution in [0.25, 0.3) is 0 Å². The number of phenols is 1. The summed E-state index contributed by atoms with van der Waals surface area (Å²) in [5.74, 6) is -0.248. The second-order valence-electron chi connectivity index (χ2n) is 3.02. The number of carbonyl (C=O) groups excluding carboxylic acids is 1. The molecular weight excluding hydrogens is 210 g/mol. The lowest BCUT2D eigenvalue weighted by Crippen LogP contribution is -2.11. The van der Waals surface area contributed by atoms with Gasteiger partial charge < -0.3 is 14.7 Å². The third-order valence-electron chi connectivity index (χ3n) is 1.94. The fourth-order valence-corrected chi connectivity index (χ4v) is 1.16. The number of phenolic OH excluding ortho intramolecular Hbond substituents is 1. The van der Waals surface area contributed by atoms with E-state index in [0.717, 1.165) is 0 Å². The van der Waals surface area contributed by atoms with Gasteiger partial charge in [-0.1, -0.05) is 5.16 Å². The smallest absolute Gasteiger partial charge is 0.311 e. The number of hydrogen-bond acceptors (Lipinski definition) is 5. The van der Waals surface area contributed by atoms with Crippen molar-refractivity contribution in [2.45, 2.75) is 6.42 Å². The third kappa shape index (κ3) is 3.27. The van der Waals surface area contributed by atoms with Crippen LogP contribution in [0.1, 0.15) is 12.0 Å². The second-order valence-corrected chi connectivity index (χ2v) is 3.02. The Hall–Kier alpha value is -2.04. The van der Waals surface area contributed by atoms with Gasteiger partial charge in [0.25, 0.3) is 0 Å². The first-order valence-electron chi connectivity index (χ1n) is 4.63. The highest BCUT2D eigenvalue weighted by molar-refractivity contribution is 6.09. The summed E-state index contributed by atoms with van der Waals surface area (Å²) in [5, 5.41) is 12.9. The average molecular weight is 223 g/mol. The summed E-state index contributed by atoms with van der Waals surface area (Å²) in [5.41, 5.74) is 1.15. The first-order chi connectivity index (χ1) is 7.67. The Bertz CT molecular complexity index is 383. The predicted molar refractivity (Wildman–Crippen MR) is 58.3 cm³/mol. The van der Waals surface area contributed by atoms with Crippen LogP contribution in [0.5, 0.6) is 5.75 Å². The van der Waals surface area contributed by atoms with Gasteiger partial charge in [0.15, 0.2) is 0 Å². The summed E-state index contributed by atoms with van der Waals surface area (Å²) in [6.07, 6.45) is 0.0229. The van der Waals surface area contributed by atoms with E-state index in [1.54, 1.807) is 12.1 Å². The molecule has 0 spiro atoms. The van der Waals surface area contributed by atoms with Crippen LogP contribution in [0.4, 0.5) is 0 Å². The standard InChI is InChI=1S/C11H13NO4/c1-15-11(14)7-10(12-16-2)8-3-5-9(13)6-4-8/h3-6,13H,7H2,1-2H3/b12-10-. The first-order valence-corrected chi connectivity index (χ1v) is 4.63. The van der Waals surface area contributed by atoms with Gasteiger partial charge in [-0.15, -0.1) is 0 Å². The number of methoxy groups -OCH3 is 1. The molecule has 0 fully saturated rings. The Morgan fingerprint density at radius 1 is 1.31 bits per heavy atom. The minimum absolute atomic E-state index is 0.0229. The second kappa shape index (κ2) is 5.75. The van der Waals surface area contributed by atoms with Crippen LogP contribution in [0.15, 0.2) is 29.4 Å². The van der Waals surface area contributed by atoms with E-state index in [0.29, 0.717) is 11.3 Å². The van der Waals surface area contributed by atoms with Crippen molar-refractivity contribution >= 4 is 11.7 Å². The van der Waals surface area contributed by atoms with Crippen molar-refractivity contribution in [3.8, 4) is 5.75 Å². The number of aromatic hydroxyl groups is 1. The van der Waals surface area contributed by atoms with Gasteiger partial charge in [-0.25, -0.2) is 0 Å². The zero-order chi connectivity index (χ0) is 12.0. The summed E-state index contributed by atoms with van der Waals surface area (Å²) in [6, 6.07) is 6.32. The highest BCUT2D eigenvalue weighted by Crippen LogP contribution is 2.12. The molecule has 1 aromatic carbocycles. The number of nitrogens with zero attached hydrogens (tertiary/aromatic N) is 1. The molecule has 1 rings (SSSR count). The molecule has 0 aliphatic carbocycles. The normalized spacial score (nSPS) is 11.0. The van der Waals surface area contributed by atoms with E-state index in [4.69, 9.17) is 5.11 Å². The molecular formula is C11H13NO4. The van der Waals surface area contributed by atoms with E-state index in [9.17, 15) is 4.79 Å². The Balaban J connectivity index is 2.90. The van der Waals surface area contributed by atoms with Crippen LogP contribution in [-0.2, 0) is 14.4 Å². The number of ether oxygens (including phenoxy) is 1. The average Bonchev–Trinajstić information content (AvgIpc) is 2.29. The Morgan fingerprint density at radius 2 is 1.94 bits per heavy atom. The van der Waals surface area contributed by atoms with Gasteiger partial charge in [0, 0.05) is 5.56 Å². The minimum atomic E-state index is -0.399. The fraction of sp³-hybridized carbons (Fsp3) is 0.273. The van der Waals surface area contributed by atoms with Gasteiger partial charge in [0.2, 0.25) is 0 Å². The third-order valence-corrected chi connectivity index (χ3v) is 1.94. The first kappa shape index (κ1) is 12.0. The topological polar surface area (TPSA) is 68.1 Å². The zero-order valence-electron chi connectivity index (χ0n) is 9.14. The molecule has 1 N–H and O–H groups in total. The Kier molecular flexibility index (Phi) is 4.32. The number of hydrogen-bond donors (Lipinski definition) is 1. The molecule has 0 saturated carbocycles. The van der Waals surface area contributed by atoms with Gasteiger partial charge in [-0.2, -0.15) is 0 Å². The lowest BCUT2D eigenvalue weighted by atomic mass is 10.1. The summed E-state index contributed by atoms with van der Waals surface area (Å²) < 4.78 is 4.55. The van der Waals surface area contributed by atoms with Crippen molar-refractivity contribution in [3.05, 3.63) is 29.8 Å². The SMILES string of the molecule is CO/N=C(/CC(=O)OC)c1ccc(O)cc1. The molecule has 16 heavy (non-hydrogen) atoms. The monoisotopic (exact) mass is 223 g/mol. The summed E-state index contributed by atoms with van der Waals surface area (Å²) >= 11 is 0. The maximum Gasteiger partial charge on any atom is 0.311 e. The van der Waals surface area contributed by atoms with Crippen LogP contribution in [0.3, 0.4) is 0 Å². The van der Waals surface area contributed by atoms with Crippen LogP contribution in [0.2, 0.25) is 0 Å². The van der Waals surface area contributed by atoms with E-state index in [-0.39, 0.29) is 12.2 Å². The highest BCUT2D eigenvalue weighted by atomic mass is 16.6. The van der Waals surface area contributed by atoms with E-state index in [1.807, 2.05) is 0 Å². The highest BCUT2D eigenvalue weighted by Gasteiger charge is 2.10. The molecule has 86 valence electrons. The fourth-order valence-electron chi connectivity index (χ4n) is 1.16. The Labute approximate surface area is 93.3 Å². The summed E-state index contributed by atoms with van der Waals surface area (Å²) in [7, 11) is 2.71. The molecule has 0 bridgehead atoms. The molecule has 0 aliphatic heterocycles. The molecule has 1 aromatic rings. The van der Waals surface area contributed by atoms with Crippen molar-refractivity contribution in [1.82, 2.24) is 0 Å². The molecule has 0 heterocycles. The molecule has 0 aromatic heterocycles. The maximum atomic E-state index is 11.1. The van der Waals surface area contributed by atoms with Crippen molar-refractivity contribution < 1.29 is 19.5 Å². The van der Waals surface area contributed by atoms with Crippen molar-refractivity contribution in [1.29, 1.82) is 0 Å². The van der Waals surface area contributed by atoms with E-state index in [1.165, 1.54) is 26.4 Å². The van der Waals surface area contributed by atoms with Crippen molar-refractivity contribution in [2.75, 3.05) is 14.2 Å². The predicted octanol–water partition coefficient (Wildman–Crippen LogP) is 1.31. The number of esters is 1. The van der Waals surface area contributed by atoms with Gasteiger partial charge >= 0.3 is 5.97 Å². The van der Waals surface area contributed by atoms with Crippen LogP contribution < -0.4 is 0 Å². The molecule has 0 unspecified atom stereocenters. The van der Waals surface area contributed by atoms with Gasteiger partial charge in [0.05, 0.1) is 19.2 Å². The largest absolute Gasteiger partial charge is 0.508 e. The van der Waals surface area contributed by atoms with Crippen molar-refractivity contribution in [3.63, 3.8) is 0 Å². The van der Waals surface area contributed by atoms with Crippen LogP contribution >= 0.6 is 0 Å². The van der Waals surface area contributed by atoms with E-state index in [2.05, 4.69) is 14.7 Å². The minimum Gasteiger partial charge on any atom is -0.508 e. The summed E-state index contributed by atoms with van der Waals surface area (Å²) in [6.45, 7) is 0. The molecule has 5 nitrogen and oxygen atoms in total. The van der Waals surface area contributed by atoms with Gasteiger partial charge in [-0.05, 0) is 24.3 Å². The van der Waals surface area contributed by atoms with E-state index < -0.39 is 5.97 Å². The number of benzene rings is 1. The quantitative estimate of drug-likeness (QED) is 0.474. The number of rotatable bonds is 4. The number of carbonyl (C=O) groups is 1. The van der Waals surface area contributed by atoms with Crippen LogP contribution in [0, 0.1) is 0 Å². The molecule has 0 amide bonds. The zero-order valence-corrected chi connectivity index (χ0v) is 9.14. The molecule has 5 heteroatoms. The molecule has 0 saturated heterocycles. The van der Waals surface area contributed by atoms with Gasteiger partial charge in [0.1, 0.15) is 12.9 Å². The van der Waals surface area contributed by atoms with Gasteiger partial charge in [-0.3, -0.25) is 4.79 Å². The molecule has 0 radical (unpaired) electrons. The lowest BCUT2D eigenvalue weighted by molar-refractivity contribution is -0.139. The number of oxime groups is 1. The summed E-state index contributed by atoms with van der Waals surface area (Å²) in [4.78, 5) is 15.8. The van der Waals surface area contributed by atoms with E-state index >= 15 is 0 Å². The maximum absolute atomic E-state index is 11.1. The lowest BCUT2D eigenvalue weighted by Gasteiger charge is -2.04. The Morgan fingerprint density at radius 3 is 2.44 bits per heavy atom. The van der Waals surface area contributed by atoms with Crippen molar-refractivity contribution in [2.24, 2.45) is 5.16 Å². The molecule has 0 atom stereocenters.